The van der Waals surface area contributed by atoms with Gasteiger partial charge >= 0.3 is 0 Å². The van der Waals surface area contributed by atoms with Crippen LogP contribution in [-0.2, 0) is 12.0 Å². The summed E-state index contributed by atoms with van der Waals surface area (Å²) in [4.78, 5) is 8.96. The lowest BCUT2D eigenvalue weighted by molar-refractivity contribution is 0.383. The number of rotatable bonds is 6. The van der Waals surface area contributed by atoms with Crippen molar-refractivity contribution in [1.82, 2.24) is 15.6 Å². The number of nitrogens with zero attached hydrogens (tertiary/aromatic N) is 2. The second kappa shape index (κ2) is 9.57. The van der Waals surface area contributed by atoms with E-state index in [0.29, 0.717) is 24.3 Å². The van der Waals surface area contributed by atoms with Gasteiger partial charge in [0.1, 0.15) is 12.3 Å². The molecule has 1 aliphatic rings. The first-order valence-electron chi connectivity index (χ1n) is 9.49. The largest absolute Gasteiger partial charge is 0.443 e. The second-order valence-electron chi connectivity index (χ2n) is 7.96. The van der Waals surface area contributed by atoms with Gasteiger partial charge in [-0.15, -0.1) is 24.0 Å². The van der Waals surface area contributed by atoms with Crippen LogP contribution in [0.3, 0.4) is 0 Å². The van der Waals surface area contributed by atoms with Gasteiger partial charge in [-0.25, -0.2) is 9.98 Å². The number of hydrogen-bond donors (Lipinski definition) is 2. The van der Waals surface area contributed by atoms with Crippen LogP contribution in [0.2, 0.25) is 0 Å². The molecule has 27 heavy (non-hydrogen) atoms. The van der Waals surface area contributed by atoms with E-state index in [4.69, 9.17) is 4.42 Å². The van der Waals surface area contributed by atoms with Crippen LogP contribution in [0, 0.1) is 5.92 Å². The van der Waals surface area contributed by atoms with Crippen molar-refractivity contribution in [3.63, 3.8) is 0 Å². The van der Waals surface area contributed by atoms with Crippen LogP contribution < -0.4 is 10.6 Å². The summed E-state index contributed by atoms with van der Waals surface area (Å²) in [5.41, 5.74) is 1.41. The highest BCUT2D eigenvalue weighted by molar-refractivity contribution is 14.0. The molecule has 0 saturated heterocycles. The molecular weight excluding hydrogens is 451 g/mol. The highest BCUT2D eigenvalue weighted by atomic mass is 127. The molecule has 0 aliphatic heterocycles. The van der Waals surface area contributed by atoms with Gasteiger partial charge in [0.25, 0.3) is 0 Å². The van der Waals surface area contributed by atoms with Gasteiger partial charge in [0, 0.05) is 18.5 Å². The first-order valence-corrected chi connectivity index (χ1v) is 9.49. The Morgan fingerprint density at radius 1 is 1.22 bits per heavy atom. The van der Waals surface area contributed by atoms with Gasteiger partial charge < -0.3 is 15.1 Å². The molecule has 0 radical (unpaired) electrons. The van der Waals surface area contributed by atoms with E-state index in [-0.39, 0.29) is 29.4 Å². The van der Waals surface area contributed by atoms with Crippen molar-refractivity contribution in [2.24, 2.45) is 10.9 Å². The van der Waals surface area contributed by atoms with Gasteiger partial charge in [-0.2, -0.15) is 0 Å². The molecule has 0 bridgehead atoms. The molecule has 0 spiro atoms. The number of halogens is 1. The maximum atomic E-state index is 5.82. The van der Waals surface area contributed by atoms with Gasteiger partial charge in [0.2, 0.25) is 5.89 Å². The van der Waals surface area contributed by atoms with Crippen LogP contribution in [0.1, 0.15) is 57.2 Å². The Morgan fingerprint density at radius 2 is 1.96 bits per heavy atom. The minimum Gasteiger partial charge on any atom is -0.443 e. The van der Waals surface area contributed by atoms with Gasteiger partial charge in [-0.05, 0) is 30.7 Å². The molecule has 1 saturated carbocycles. The first kappa shape index (κ1) is 21.7. The van der Waals surface area contributed by atoms with Crippen molar-refractivity contribution >= 4 is 29.9 Å². The average molecular weight is 482 g/mol. The Kier molecular flexibility index (Phi) is 7.70. The first-order chi connectivity index (χ1) is 12.5. The standard InChI is InChI=1S/C21H30N4O.HI/c1-5-22-20(25-14-19-23-13-18(26-19)21(2,3)4)24-12-16-11-17(16)15-9-7-6-8-10-15;/h6-10,13,16-17H,5,11-12,14H2,1-4H3,(H2,22,24,25);1H. The van der Waals surface area contributed by atoms with Crippen LogP contribution in [0.4, 0.5) is 0 Å². The van der Waals surface area contributed by atoms with Crippen molar-refractivity contribution in [1.29, 1.82) is 0 Å². The summed E-state index contributed by atoms with van der Waals surface area (Å²) in [6.07, 6.45) is 3.05. The summed E-state index contributed by atoms with van der Waals surface area (Å²) in [5.74, 6) is 3.72. The maximum Gasteiger partial charge on any atom is 0.216 e. The summed E-state index contributed by atoms with van der Waals surface area (Å²) < 4.78 is 5.82. The SMILES string of the molecule is CCNC(=NCc1ncc(C(C)(C)C)o1)NCC1CC1c1ccccc1.I. The Morgan fingerprint density at radius 3 is 2.59 bits per heavy atom. The monoisotopic (exact) mass is 482 g/mol. The Labute approximate surface area is 179 Å². The third-order valence-electron chi connectivity index (χ3n) is 4.69. The minimum atomic E-state index is -0.0316. The molecule has 5 nitrogen and oxygen atoms in total. The zero-order chi connectivity index (χ0) is 18.6. The number of aromatic nitrogens is 1. The van der Waals surface area contributed by atoms with Crippen molar-refractivity contribution in [3.05, 3.63) is 53.7 Å². The lowest BCUT2D eigenvalue weighted by Crippen LogP contribution is -2.38. The summed E-state index contributed by atoms with van der Waals surface area (Å²) in [6.45, 7) is 10.6. The second-order valence-corrected chi connectivity index (χ2v) is 7.96. The van der Waals surface area contributed by atoms with Crippen molar-refractivity contribution in [3.8, 4) is 0 Å². The molecular formula is C21H31IN4O. The highest BCUT2D eigenvalue weighted by Gasteiger charge is 2.37. The van der Waals surface area contributed by atoms with Crippen molar-refractivity contribution in [2.75, 3.05) is 13.1 Å². The summed E-state index contributed by atoms with van der Waals surface area (Å²) in [5, 5.41) is 6.76. The predicted octanol–water partition coefficient (Wildman–Crippen LogP) is 4.45. The summed E-state index contributed by atoms with van der Waals surface area (Å²) >= 11 is 0. The molecule has 1 aliphatic carbocycles. The van der Waals surface area contributed by atoms with Crippen LogP contribution in [-0.4, -0.2) is 24.0 Å². The van der Waals surface area contributed by atoms with E-state index in [1.807, 2.05) is 0 Å². The minimum absolute atomic E-state index is 0. The molecule has 2 N–H and O–H groups in total. The van der Waals surface area contributed by atoms with Crippen LogP contribution >= 0.6 is 24.0 Å². The van der Waals surface area contributed by atoms with Crippen molar-refractivity contribution in [2.45, 2.75) is 52.0 Å². The zero-order valence-electron chi connectivity index (χ0n) is 16.7. The van der Waals surface area contributed by atoms with Gasteiger partial charge in [-0.3, -0.25) is 0 Å². The van der Waals surface area contributed by atoms with Crippen LogP contribution in [0.15, 0.2) is 45.9 Å². The number of guanidine groups is 1. The number of nitrogens with one attached hydrogen (secondary N) is 2. The smallest absolute Gasteiger partial charge is 0.216 e. The zero-order valence-corrected chi connectivity index (χ0v) is 19.0. The molecule has 0 amide bonds. The van der Waals surface area contributed by atoms with E-state index in [2.05, 4.69) is 78.6 Å². The molecule has 2 atom stereocenters. The van der Waals surface area contributed by atoms with Crippen LogP contribution in [0.25, 0.3) is 0 Å². The third kappa shape index (κ3) is 6.23. The van der Waals surface area contributed by atoms with Gasteiger partial charge in [-0.1, -0.05) is 51.1 Å². The average Bonchev–Trinajstić information content (AvgIpc) is 3.23. The Hall–Kier alpha value is -1.57. The molecule has 2 aromatic rings. The normalized spacial score (nSPS) is 19.3. The summed E-state index contributed by atoms with van der Waals surface area (Å²) in [7, 11) is 0. The molecule has 148 valence electrons. The van der Waals surface area contributed by atoms with E-state index in [0.717, 1.165) is 24.8 Å². The van der Waals surface area contributed by atoms with Gasteiger partial charge in [0.15, 0.2) is 5.96 Å². The fraction of sp³-hybridized carbons (Fsp3) is 0.524. The Bertz CT molecular complexity index is 736. The molecule has 1 aromatic heterocycles. The quantitative estimate of drug-likeness (QED) is 0.363. The lowest BCUT2D eigenvalue weighted by Gasteiger charge is -2.13. The lowest BCUT2D eigenvalue weighted by atomic mass is 9.94. The van der Waals surface area contributed by atoms with E-state index in [1.54, 1.807) is 6.20 Å². The van der Waals surface area contributed by atoms with E-state index >= 15 is 0 Å². The fourth-order valence-corrected chi connectivity index (χ4v) is 3.03. The number of hydrogen-bond acceptors (Lipinski definition) is 3. The Balaban J connectivity index is 0.00000261. The maximum absolute atomic E-state index is 5.82. The fourth-order valence-electron chi connectivity index (χ4n) is 3.03. The van der Waals surface area contributed by atoms with E-state index in [1.165, 1.54) is 12.0 Å². The highest BCUT2D eigenvalue weighted by Crippen LogP contribution is 2.46. The number of oxazole rings is 1. The predicted molar refractivity (Wildman–Crippen MR) is 121 cm³/mol. The molecule has 3 rings (SSSR count). The molecule has 1 heterocycles. The number of benzene rings is 1. The third-order valence-corrected chi connectivity index (χ3v) is 4.69. The van der Waals surface area contributed by atoms with Crippen LogP contribution in [0.5, 0.6) is 0 Å². The molecule has 2 unspecified atom stereocenters. The van der Waals surface area contributed by atoms with Crippen molar-refractivity contribution < 1.29 is 4.42 Å². The molecule has 6 heteroatoms. The molecule has 1 aromatic carbocycles. The topological polar surface area (TPSA) is 62.5 Å². The van der Waals surface area contributed by atoms with E-state index < -0.39 is 0 Å². The van der Waals surface area contributed by atoms with Gasteiger partial charge in [0.05, 0.1) is 6.20 Å². The molecule has 1 fully saturated rings. The van der Waals surface area contributed by atoms with E-state index in [9.17, 15) is 0 Å². The summed E-state index contributed by atoms with van der Waals surface area (Å²) in [6, 6.07) is 10.7. The number of aliphatic imine (C=N–C) groups is 1.